The van der Waals surface area contributed by atoms with Crippen molar-refractivity contribution < 1.29 is 23.8 Å². The van der Waals surface area contributed by atoms with Crippen molar-refractivity contribution in [3.63, 3.8) is 0 Å². The monoisotopic (exact) mass is 512 g/mol. The molecule has 3 aromatic carbocycles. The average molecular weight is 513 g/mol. The van der Waals surface area contributed by atoms with Gasteiger partial charge in [0.25, 0.3) is 0 Å². The van der Waals surface area contributed by atoms with Crippen LogP contribution >= 0.6 is 0 Å². The van der Waals surface area contributed by atoms with Crippen LogP contribution in [0.4, 0.5) is 0 Å². The Kier molecular flexibility index (Phi) is 8.58. The summed E-state index contributed by atoms with van der Waals surface area (Å²) in [6, 6.07) is 23.4. The van der Waals surface area contributed by atoms with E-state index in [4.69, 9.17) is 14.2 Å². The summed E-state index contributed by atoms with van der Waals surface area (Å²) in [5.41, 5.74) is 5.94. The van der Waals surface area contributed by atoms with E-state index < -0.39 is 5.97 Å². The predicted octanol–water partition coefficient (Wildman–Crippen LogP) is 5.69. The van der Waals surface area contributed by atoms with E-state index in [1.54, 1.807) is 11.9 Å². The molecule has 0 saturated carbocycles. The first-order valence-electron chi connectivity index (χ1n) is 12.5. The van der Waals surface area contributed by atoms with Crippen LogP contribution in [0.1, 0.15) is 54.1 Å². The molecule has 196 valence electrons. The Morgan fingerprint density at radius 2 is 1.71 bits per heavy atom. The maximum Gasteiger partial charge on any atom is 0.341 e. The number of rotatable bonds is 9. The minimum atomic E-state index is -0.486. The van der Waals surface area contributed by atoms with Crippen LogP contribution in [0, 0.1) is 0 Å². The second-order valence-corrected chi connectivity index (χ2v) is 8.95. The van der Waals surface area contributed by atoms with Crippen LogP contribution < -0.4 is 4.74 Å². The molecule has 0 N–H and O–H groups in total. The molecule has 1 atom stereocenters. The van der Waals surface area contributed by atoms with Crippen LogP contribution in [0.5, 0.6) is 5.75 Å². The Morgan fingerprint density at radius 3 is 2.34 bits per heavy atom. The average Bonchev–Trinajstić information content (AvgIpc) is 3.41. The van der Waals surface area contributed by atoms with E-state index in [-0.39, 0.29) is 18.6 Å². The highest BCUT2D eigenvalue weighted by Crippen LogP contribution is 2.33. The van der Waals surface area contributed by atoms with Gasteiger partial charge in [-0.1, -0.05) is 55.5 Å². The fourth-order valence-corrected chi connectivity index (χ4v) is 4.47. The molecule has 0 aromatic heterocycles. The van der Waals surface area contributed by atoms with Gasteiger partial charge in [-0.05, 0) is 58.5 Å². The number of carbonyl (C=O) groups excluding carboxylic acids is 2. The standard InChI is InChI=1S/C31H32N2O5/c1-5-22-10-12-24(13-11-22)30-18-29(32-33(30)21(2)34)23-14-16-26(17-15-23)38-19-25-8-6-7-9-27(25)28(20-36-3)31(35)37-4/h6-17,20,30H,5,18-19H2,1-4H3/b28-20-. The zero-order valence-corrected chi connectivity index (χ0v) is 22.1. The van der Waals surface area contributed by atoms with Crippen LogP contribution in [0.2, 0.25) is 0 Å². The largest absolute Gasteiger partial charge is 0.503 e. The van der Waals surface area contributed by atoms with E-state index >= 15 is 0 Å². The van der Waals surface area contributed by atoms with Gasteiger partial charge in [0.15, 0.2) is 0 Å². The highest BCUT2D eigenvalue weighted by Gasteiger charge is 2.31. The molecule has 1 aliphatic heterocycles. The normalized spacial score (nSPS) is 15.2. The van der Waals surface area contributed by atoms with Gasteiger partial charge in [0.1, 0.15) is 17.9 Å². The molecule has 7 nitrogen and oxygen atoms in total. The van der Waals surface area contributed by atoms with Gasteiger partial charge in [0.2, 0.25) is 5.91 Å². The summed E-state index contributed by atoms with van der Waals surface area (Å²) >= 11 is 0. The lowest BCUT2D eigenvalue weighted by Crippen LogP contribution is -2.24. The number of hydrogen-bond acceptors (Lipinski definition) is 6. The van der Waals surface area contributed by atoms with Crippen molar-refractivity contribution in [2.45, 2.75) is 39.3 Å². The maximum absolute atomic E-state index is 12.3. The Balaban J connectivity index is 1.48. The topological polar surface area (TPSA) is 77.4 Å². The van der Waals surface area contributed by atoms with Crippen LogP contribution in [-0.2, 0) is 32.1 Å². The van der Waals surface area contributed by atoms with Gasteiger partial charge in [-0.15, -0.1) is 0 Å². The van der Waals surface area contributed by atoms with E-state index in [1.165, 1.54) is 26.0 Å². The Labute approximate surface area is 223 Å². The summed E-state index contributed by atoms with van der Waals surface area (Å²) in [5.74, 6) is 0.102. The number of methoxy groups -OCH3 is 2. The van der Waals surface area contributed by atoms with Crippen molar-refractivity contribution >= 4 is 23.2 Å². The Morgan fingerprint density at radius 1 is 1.00 bits per heavy atom. The second kappa shape index (κ2) is 12.2. The first-order valence-corrected chi connectivity index (χ1v) is 12.5. The third-order valence-electron chi connectivity index (χ3n) is 6.54. The first-order chi connectivity index (χ1) is 18.4. The predicted molar refractivity (Wildman–Crippen MR) is 146 cm³/mol. The van der Waals surface area contributed by atoms with E-state index in [1.807, 2.05) is 48.5 Å². The van der Waals surface area contributed by atoms with Gasteiger partial charge in [-0.25, -0.2) is 9.80 Å². The highest BCUT2D eigenvalue weighted by molar-refractivity contribution is 6.16. The zero-order valence-electron chi connectivity index (χ0n) is 22.1. The van der Waals surface area contributed by atoms with E-state index in [2.05, 4.69) is 36.3 Å². The molecule has 38 heavy (non-hydrogen) atoms. The fourth-order valence-electron chi connectivity index (χ4n) is 4.47. The SMILES string of the molecule is CCc1ccc(C2CC(c3ccc(OCc4ccccc4/C(=C/OC)C(=O)OC)cc3)=NN2C(C)=O)cc1. The quantitative estimate of drug-likeness (QED) is 0.209. The Bertz CT molecular complexity index is 1340. The maximum atomic E-state index is 12.3. The van der Waals surface area contributed by atoms with Gasteiger partial charge in [0, 0.05) is 13.3 Å². The van der Waals surface area contributed by atoms with Gasteiger partial charge < -0.3 is 14.2 Å². The fraction of sp³-hybridized carbons (Fsp3) is 0.258. The molecule has 1 heterocycles. The molecule has 4 rings (SSSR count). The molecule has 0 fully saturated rings. The molecule has 1 unspecified atom stereocenters. The molecular formula is C31H32N2O5. The van der Waals surface area contributed by atoms with Crippen molar-refractivity contribution in [1.29, 1.82) is 0 Å². The number of amides is 1. The van der Waals surface area contributed by atoms with Gasteiger partial charge in [-0.3, -0.25) is 4.79 Å². The van der Waals surface area contributed by atoms with Gasteiger partial charge in [0.05, 0.1) is 32.2 Å². The minimum absolute atomic E-state index is 0.0861. The smallest absolute Gasteiger partial charge is 0.341 e. The zero-order chi connectivity index (χ0) is 27.1. The van der Waals surface area contributed by atoms with Crippen molar-refractivity contribution in [3.8, 4) is 5.75 Å². The van der Waals surface area contributed by atoms with E-state index in [0.717, 1.165) is 28.8 Å². The summed E-state index contributed by atoms with van der Waals surface area (Å²) in [6.07, 6.45) is 2.98. The lowest BCUT2D eigenvalue weighted by molar-refractivity contribution is -0.134. The number of aryl methyl sites for hydroxylation is 1. The van der Waals surface area contributed by atoms with Gasteiger partial charge >= 0.3 is 5.97 Å². The lowest BCUT2D eigenvalue weighted by atomic mass is 9.97. The Hall–Kier alpha value is -4.39. The summed E-state index contributed by atoms with van der Waals surface area (Å²) in [7, 11) is 2.82. The van der Waals surface area contributed by atoms with Crippen LogP contribution in [0.15, 0.2) is 84.2 Å². The number of hydrogen-bond donors (Lipinski definition) is 0. The van der Waals surface area contributed by atoms with Crippen LogP contribution in [0.25, 0.3) is 5.57 Å². The molecule has 7 heteroatoms. The van der Waals surface area contributed by atoms with E-state index in [9.17, 15) is 9.59 Å². The van der Waals surface area contributed by atoms with Crippen molar-refractivity contribution in [1.82, 2.24) is 5.01 Å². The third-order valence-corrected chi connectivity index (χ3v) is 6.54. The molecule has 0 radical (unpaired) electrons. The number of hydrazone groups is 1. The van der Waals surface area contributed by atoms with Gasteiger partial charge in [-0.2, -0.15) is 5.10 Å². The van der Waals surface area contributed by atoms with Crippen LogP contribution in [0.3, 0.4) is 0 Å². The molecule has 1 aliphatic rings. The number of carbonyl (C=O) groups is 2. The summed E-state index contributed by atoms with van der Waals surface area (Å²) < 4.78 is 16.0. The summed E-state index contributed by atoms with van der Waals surface area (Å²) in [5, 5.41) is 6.23. The number of esters is 1. The molecular weight excluding hydrogens is 480 g/mol. The molecule has 3 aromatic rings. The number of benzene rings is 3. The number of nitrogens with zero attached hydrogens (tertiary/aromatic N) is 2. The van der Waals surface area contributed by atoms with Crippen molar-refractivity contribution in [3.05, 3.63) is 107 Å². The summed E-state index contributed by atoms with van der Waals surface area (Å²) in [6.45, 7) is 3.92. The third kappa shape index (κ3) is 5.94. The highest BCUT2D eigenvalue weighted by atomic mass is 16.5. The molecule has 0 spiro atoms. The summed E-state index contributed by atoms with van der Waals surface area (Å²) in [4.78, 5) is 24.6. The molecule has 0 saturated heterocycles. The minimum Gasteiger partial charge on any atom is -0.503 e. The number of ether oxygens (including phenoxy) is 3. The van der Waals surface area contributed by atoms with Crippen LogP contribution in [-0.4, -0.2) is 36.8 Å². The molecule has 0 aliphatic carbocycles. The van der Waals surface area contributed by atoms with Crippen molar-refractivity contribution in [2.75, 3.05) is 14.2 Å². The molecule has 1 amide bonds. The second-order valence-electron chi connectivity index (χ2n) is 8.95. The lowest BCUT2D eigenvalue weighted by Gasteiger charge is -2.20. The first kappa shape index (κ1) is 26.7. The van der Waals surface area contributed by atoms with Crippen molar-refractivity contribution in [2.24, 2.45) is 5.10 Å². The van der Waals surface area contributed by atoms with E-state index in [0.29, 0.717) is 23.3 Å². The molecule has 0 bridgehead atoms.